The van der Waals surface area contributed by atoms with Crippen molar-refractivity contribution in [2.75, 3.05) is 12.4 Å². The first kappa shape index (κ1) is 9.37. The van der Waals surface area contributed by atoms with E-state index in [1.54, 1.807) is 6.92 Å². The second-order valence-corrected chi connectivity index (χ2v) is 2.37. The highest BCUT2D eigenvalue weighted by atomic mass is 16.5. The fourth-order valence-corrected chi connectivity index (χ4v) is 0.762. The Morgan fingerprint density at radius 2 is 2.08 bits per heavy atom. The van der Waals surface area contributed by atoms with E-state index in [4.69, 9.17) is 4.74 Å². The third kappa shape index (κ3) is 2.66. The number of carbonyl (C=O) groups excluding carboxylic acids is 1. The molecule has 0 fully saturated rings. The highest BCUT2D eigenvalue weighted by Gasteiger charge is 2.04. The van der Waals surface area contributed by atoms with Crippen LogP contribution in [0.5, 0.6) is 6.01 Å². The van der Waals surface area contributed by atoms with Gasteiger partial charge in [0.05, 0.1) is 7.11 Å². The Kier molecular flexibility index (Phi) is 2.73. The second-order valence-electron chi connectivity index (χ2n) is 2.37. The van der Waals surface area contributed by atoms with E-state index >= 15 is 0 Å². The fraction of sp³-hybridized carbons (Fsp3) is 0.429. The van der Waals surface area contributed by atoms with Gasteiger partial charge in [0.2, 0.25) is 11.9 Å². The zero-order valence-corrected chi connectivity index (χ0v) is 7.66. The number of ether oxygens (including phenoxy) is 1. The molecule has 0 unspecified atom stereocenters. The number of anilines is 1. The summed E-state index contributed by atoms with van der Waals surface area (Å²) in [6.07, 6.45) is 0. The molecule has 0 radical (unpaired) electrons. The minimum atomic E-state index is -0.229. The van der Waals surface area contributed by atoms with E-state index in [0.29, 0.717) is 5.82 Å². The van der Waals surface area contributed by atoms with Crippen molar-refractivity contribution in [3.05, 3.63) is 5.82 Å². The van der Waals surface area contributed by atoms with Gasteiger partial charge in [-0.25, -0.2) is 0 Å². The third-order valence-electron chi connectivity index (χ3n) is 1.20. The van der Waals surface area contributed by atoms with E-state index < -0.39 is 0 Å². The van der Waals surface area contributed by atoms with Gasteiger partial charge in [0.15, 0.2) is 0 Å². The topological polar surface area (TPSA) is 77.0 Å². The first-order chi connectivity index (χ1) is 6.11. The Hall–Kier alpha value is -1.72. The van der Waals surface area contributed by atoms with E-state index in [9.17, 15) is 4.79 Å². The zero-order valence-electron chi connectivity index (χ0n) is 7.66. The van der Waals surface area contributed by atoms with Gasteiger partial charge < -0.3 is 4.74 Å². The maximum absolute atomic E-state index is 10.7. The van der Waals surface area contributed by atoms with Crippen molar-refractivity contribution in [3.63, 3.8) is 0 Å². The number of hydrogen-bond donors (Lipinski definition) is 1. The molecule has 1 rings (SSSR count). The highest BCUT2D eigenvalue weighted by Crippen LogP contribution is 2.05. The molecule has 0 bridgehead atoms. The van der Waals surface area contributed by atoms with Crippen LogP contribution in [-0.4, -0.2) is 28.0 Å². The number of carbonyl (C=O) groups is 1. The molecule has 1 N–H and O–H groups in total. The number of nitrogens with zero attached hydrogens (tertiary/aromatic N) is 3. The van der Waals surface area contributed by atoms with Gasteiger partial charge in [-0.15, -0.1) is 0 Å². The molecule has 0 atom stereocenters. The van der Waals surface area contributed by atoms with E-state index in [-0.39, 0.29) is 17.9 Å². The first-order valence-electron chi connectivity index (χ1n) is 3.66. The van der Waals surface area contributed by atoms with Gasteiger partial charge in [-0.2, -0.15) is 15.0 Å². The van der Waals surface area contributed by atoms with E-state index in [2.05, 4.69) is 20.3 Å². The van der Waals surface area contributed by atoms with Crippen molar-refractivity contribution in [3.8, 4) is 6.01 Å². The maximum atomic E-state index is 10.7. The van der Waals surface area contributed by atoms with Crippen LogP contribution in [0.4, 0.5) is 5.95 Å². The van der Waals surface area contributed by atoms with Crippen LogP contribution in [0.25, 0.3) is 0 Å². The van der Waals surface area contributed by atoms with Crippen LogP contribution >= 0.6 is 0 Å². The molecule has 13 heavy (non-hydrogen) atoms. The normalized spacial score (nSPS) is 9.46. The third-order valence-corrected chi connectivity index (χ3v) is 1.20. The van der Waals surface area contributed by atoms with Gasteiger partial charge in [-0.05, 0) is 6.92 Å². The van der Waals surface area contributed by atoms with Crippen LogP contribution in [0.2, 0.25) is 0 Å². The molecule has 1 aromatic rings. The van der Waals surface area contributed by atoms with Crippen molar-refractivity contribution in [1.82, 2.24) is 15.0 Å². The van der Waals surface area contributed by atoms with Crippen LogP contribution < -0.4 is 10.1 Å². The molecule has 0 spiro atoms. The summed E-state index contributed by atoms with van der Waals surface area (Å²) in [5.74, 6) is 0.472. The highest BCUT2D eigenvalue weighted by molar-refractivity contribution is 5.86. The summed E-state index contributed by atoms with van der Waals surface area (Å²) < 4.78 is 4.80. The zero-order chi connectivity index (χ0) is 9.84. The van der Waals surface area contributed by atoms with E-state index in [1.165, 1.54) is 14.0 Å². The van der Waals surface area contributed by atoms with Gasteiger partial charge in [0.25, 0.3) is 0 Å². The quantitative estimate of drug-likeness (QED) is 0.704. The fourth-order valence-electron chi connectivity index (χ4n) is 0.762. The number of nitrogens with one attached hydrogen (secondary N) is 1. The smallest absolute Gasteiger partial charge is 0.321 e. The Bertz CT molecular complexity index is 326. The molecule has 6 nitrogen and oxygen atoms in total. The van der Waals surface area contributed by atoms with E-state index in [1.807, 2.05) is 0 Å². The van der Waals surface area contributed by atoms with Gasteiger partial charge in [0.1, 0.15) is 5.82 Å². The number of aryl methyl sites for hydroxylation is 1. The average molecular weight is 182 g/mol. The molecule has 1 amide bonds. The summed E-state index contributed by atoms with van der Waals surface area (Å²) in [7, 11) is 1.45. The molecule has 0 aromatic carbocycles. The van der Waals surface area contributed by atoms with Gasteiger partial charge in [0, 0.05) is 6.92 Å². The standard InChI is InChI=1S/C7H10N4O2/c1-4-8-6(10-5(2)12)11-7(9-4)13-3/h1-3H3,(H,8,9,10,11,12). The SMILES string of the molecule is COc1nc(C)nc(NC(C)=O)n1. The average Bonchev–Trinajstić information content (AvgIpc) is 2.01. The number of methoxy groups -OCH3 is 1. The maximum Gasteiger partial charge on any atom is 0.321 e. The molecule has 0 saturated carbocycles. The Morgan fingerprint density at radius 3 is 2.62 bits per heavy atom. The molecular formula is C7H10N4O2. The molecule has 0 aliphatic carbocycles. The minimum absolute atomic E-state index is 0.191. The Labute approximate surface area is 75.4 Å². The summed E-state index contributed by atoms with van der Waals surface area (Å²) >= 11 is 0. The summed E-state index contributed by atoms with van der Waals surface area (Å²) in [4.78, 5) is 22.2. The van der Waals surface area contributed by atoms with Gasteiger partial charge >= 0.3 is 6.01 Å². The summed E-state index contributed by atoms with van der Waals surface area (Å²) in [5.41, 5.74) is 0. The van der Waals surface area contributed by atoms with Crippen molar-refractivity contribution in [2.45, 2.75) is 13.8 Å². The van der Waals surface area contributed by atoms with Gasteiger partial charge in [-0.1, -0.05) is 0 Å². The summed E-state index contributed by atoms with van der Waals surface area (Å²) in [6, 6.07) is 0.191. The molecule has 1 heterocycles. The molecule has 0 saturated heterocycles. The van der Waals surface area contributed by atoms with Crippen LogP contribution in [0.3, 0.4) is 0 Å². The van der Waals surface area contributed by atoms with Gasteiger partial charge in [-0.3, -0.25) is 10.1 Å². The monoisotopic (exact) mass is 182 g/mol. The minimum Gasteiger partial charge on any atom is -0.467 e. The molecule has 6 heteroatoms. The van der Waals surface area contributed by atoms with Crippen LogP contribution in [-0.2, 0) is 4.79 Å². The van der Waals surface area contributed by atoms with E-state index in [0.717, 1.165) is 0 Å². The second kappa shape index (κ2) is 3.79. The van der Waals surface area contributed by atoms with Crippen LogP contribution in [0.15, 0.2) is 0 Å². The lowest BCUT2D eigenvalue weighted by Crippen LogP contribution is -2.11. The Morgan fingerprint density at radius 1 is 1.38 bits per heavy atom. The van der Waals surface area contributed by atoms with Crippen molar-refractivity contribution in [2.24, 2.45) is 0 Å². The molecule has 1 aromatic heterocycles. The lowest BCUT2D eigenvalue weighted by atomic mass is 10.6. The van der Waals surface area contributed by atoms with Crippen molar-refractivity contribution >= 4 is 11.9 Å². The van der Waals surface area contributed by atoms with Crippen molar-refractivity contribution in [1.29, 1.82) is 0 Å². The number of amides is 1. The van der Waals surface area contributed by atoms with Crippen molar-refractivity contribution < 1.29 is 9.53 Å². The Balaban J connectivity index is 2.94. The predicted molar refractivity (Wildman–Crippen MR) is 45.4 cm³/mol. The predicted octanol–water partition coefficient (Wildman–Crippen LogP) is 0.147. The number of rotatable bonds is 2. The summed E-state index contributed by atoms with van der Waals surface area (Å²) in [5, 5.41) is 2.44. The first-order valence-corrected chi connectivity index (χ1v) is 3.66. The van der Waals surface area contributed by atoms with Crippen LogP contribution in [0.1, 0.15) is 12.7 Å². The molecular weight excluding hydrogens is 172 g/mol. The largest absolute Gasteiger partial charge is 0.467 e. The number of aromatic nitrogens is 3. The lowest BCUT2D eigenvalue weighted by molar-refractivity contribution is -0.114. The summed E-state index contributed by atoms with van der Waals surface area (Å²) in [6.45, 7) is 3.07. The molecule has 70 valence electrons. The number of hydrogen-bond acceptors (Lipinski definition) is 5. The van der Waals surface area contributed by atoms with Crippen LogP contribution in [0, 0.1) is 6.92 Å². The molecule has 0 aliphatic heterocycles. The molecule has 0 aliphatic rings. The lowest BCUT2D eigenvalue weighted by Gasteiger charge is -2.02.